The molecule has 1 N–H and O–H groups in total. The first-order valence-electron chi connectivity index (χ1n) is 11.7. The van der Waals surface area contributed by atoms with Gasteiger partial charge in [0.25, 0.3) is 0 Å². The van der Waals surface area contributed by atoms with Crippen molar-refractivity contribution in [3.63, 3.8) is 0 Å². The van der Waals surface area contributed by atoms with Crippen molar-refractivity contribution in [1.82, 2.24) is 9.88 Å². The monoisotopic (exact) mass is 500 g/mol. The van der Waals surface area contributed by atoms with Gasteiger partial charge in [-0.05, 0) is 48.1 Å². The van der Waals surface area contributed by atoms with Crippen LogP contribution in [-0.2, 0) is 25.5 Å². The van der Waals surface area contributed by atoms with Gasteiger partial charge in [-0.3, -0.25) is 4.79 Å². The van der Waals surface area contributed by atoms with Gasteiger partial charge in [0.15, 0.2) is 0 Å². The number of hydrogen-bond donors (Lipinski definition) is 1. The minimum Gasteiger partial charge on any atom is -0.467 e. The molecule has 36 heavy (non-hydrogen) atoms. The predicted octanol–water partition coefficient (Wildman–Crippen LogP) is 2.98. The summed E-state index contributed by atoms with van der Waals surface area (Å²) in [5.74, 6) is -1.41. The Hall–Kier alpha value is -3.19. The quantitative estimate of drug-likeness (QED) is 0.319. The molecule has 1 fully saturated rings. The Morgan fingerprint density at radius 2 is 1.81 bits per heavy atom. The van der Waals surface area contributed by atoms with Gasteiger partial charge in [-0.15, -0.1) is 11.6 Å². The Morgan fingerprint density at radius 3 is 2.44 bits per heavy atom. The number of fused-ring (bicyclic) bond motifs is 3. The molecule has 180 valence electrons. The molecule has 7 nitrogen and oxygen atoms in total. The third kappa shape index (κ3) is 4.52. The van der Waals surface area contributed by atoms with Gasteiger partial charge in [0.05, 0.1) is 41.0 Å². The Balaban J connectivity index is 1.61. The normalized spacial score (nSPS) is 19.6. The lowest BCUT2D eigenvalue weighted by atomic mass is 9.68. The lowest BCUT2D eigenvalue weighted by molar-refractivity contribution is -0.154. The molecule has 0 spiro atoms. The number of ether oxygens (including phenoxy) is 2. The van der Waals surface area contributed by atoms with Crippen molar-refractivity contribution in [1.29, 1.82) is 0 Å². The third-order valence-corrected chi connectivity index (χ3v) is 6.94. The van der Waals surface area contributed by atoms with Crippen LogP contribution in [0.1, 0.15) is 46.1 Å². The van der Waals surface area contributed by atoms with Crippen molar-refractivity contribution < 1.29 is 23.9 Å². The first-order chi connectivity index (χ1) is 17.2. The average Bonchev–Trinajstić information content (AvgIpc) is 3.63. The zero-order chi connectivity index (χ0) is 25.6. The second-order valence-corrected chi connectivity index (χ2v) is 9.98. The number of aromatic nitrogens is 1. The van der Waals surface area contributed by atoms with Gasteiger partial charge in [-0.2, -0.15) is 0 Å². The molecule has 1 aliphatic carbocycles. The second kappa shape index (κ2) is 9.36. The standard InChI is InChI=1S/C26H23B2ClN2O5/c1-35-24(33)20-12-18-17-4-2-3-5-19(17)30-21(18)22(31(20)25(34)26(27,28)29)15-8-10-16(11-9-15)23(32)36-13-14-6-7-14/h2-5,8-11,14,20,22,30H,6-7,12-13H2,1H3/t20-,22+/m1/s1. The molecule has 2 aromatic carbocycles. The van der Waals surface area contributed by atoms with Gasteiger partial charge in [-0.25, -0.2) is 9.59 Å². The number of carbonyl (C=O) groups excluding carboxylic acids is 3. The van der Waals surface area contributed by atoms with Crippen molar-refractivity contribution >= 4 is 56.0 Å². The van der Waals surface area contributed by atoms with E-state index >= 15 is 0 Å². The van der Waals surface area contributed by atoms with E-state index in [1.54, 1.807) is 24.3 Å². The summed E-state index contributed by atoms with van der Waals surface area (Å²) in [5, 5.41) is 0.927. The topological polar surface area (TPSA) is 88.7 Å². The van der Waals surface area contributed by atoms with Crippen LogP contribution in [0.3, 0.4) is 0 Å². The summed E-state index contributed by atoms with van der Waals surface area (Å²) >= 11 is 6.06. The van der Waals surface area contributed by atoms with Crippen molar-refractivity contribution in [3.05, 3.63) is 70.9 Å². The number of nitrogens with one attached hydrogen (secondary N) is 1. The molecule has 2 heterocycles. The van der Waals surface area contributed by atoms with E-state index in [0.29, 0.717) is 29.3 Å². The predicted molar refractivity (Wildman–Crippen MR) is 136 cm³/mol. The number of H-pyrrole nitrogens is 1. The zero-order valence-electron chi connectivity index (χ0n) is 19.7. The smallest absolute Gasteiger partial charge is 0.338 e. The maximum atomic E-state index is 13.4. The summed E-state index contributed by atoms with van der Waals surface area (Å²) in [7, 11) is 12.9. The largest absolute Gasteiger partial charge is 0.467 e. The lowest BCUT2D eigenvalue weighted by Gasteiger charge is -2.43. The first-order valence-corrected chi connectivity index (χ1v) is 12.1. The molecule has 0 unspecified atom stereocenters. The zero-order valence-corrected chi connectivity index (χ0v) is 20.5. The van der Waals surface area contributed by atoms with E-state index in [4.69, 9.17) is 36.8 Å². The molecule has 4 radical (unpaired) electrons. The van der Waals surface area contributed by atoms with Gasteiger partial charge in [0.2, 0.25) is 5.91 Å². The number of nitrogens with zero attached hydrogens (tertiary/aromatic N) is 1. The van der Waals surface area contributed by atoms with Gasteiger partial charge >= 0.3 is 11.9 Å². The first kappa shape index (κ1) is 24.5. The Morgan fingerprint density at radius 1 is 1.11 bits per heavy atom. The number of esters is 2. The summed E-state index contributed by atoms with van der Waals surface area (Å²) in [6.45, 7) is 0.412. The molecule has 0 bridgehead atoms. The molecule has 2 aliphatic rings. The van der Waals surface area contributed by atoms with Crippen LogP contribution in [0.5, 0.6) is 0 Å². The fraction of sp³-hybridized carbons (Fsp3) is 0.346. The van der Waals surface area contributed by atoms with Crippen molar-refractivity contribution in [3.8, 4) is 0 Å². The minimum atomic E-state index is -2.25. The molecule has 3 aromatic rings. The van der Waals surface area contributed by atoms with Crippen LogP contribution < -0.4 is 0 Å². The van der Waals surface area contributed by atoms with Crippen molar-refractivity contribution in [2.45, 2.75) is 36.0 Å². The molecular weight excluding hydrogens is 477 g/mol. The van der Waals surface area contributed by atoms with Crippen LogP contribution in [0, 0.1) is 5.92 Å². The van der Waals surface area contributed by atoms with Gasteiger partial charge in [0, 0.05) is 27.7 Å². The highest BCUT2D eigenvalue weighted by Gasteiger charge is 2.46. The minimum absolute atomic E-state index is 0.187. The summed E-state index contributed by atoms with van der Waals surface area (Å²) < 4.78 is 8.17. The number of hydrogen-bond acceptors (Lipinski definition) is 5. The van der Waals surface area contributed by atoms with E-state index < -0.39 is 34.6 Å². The highest BCUT2D eigenvalue weighted by molar-refractivity contribution is 6.71. The fourth-order valence-corrected chi connectivity index (χ4v) is 4.86. The second-order valence-electron chi connectivity index (χ2n) is 9.35. The molecule has 1 amide bonds. The molecule has 1 aromatic heterocycles. The molecule has 1 saturated carbocycles. The third-order valence-electron chi connectivity index (χ3n) is 6.78. The maximum absolute atomic E-state index is 13.4. The van der Waals surface area contributed by atoms with E-state index in [0.717, 1.165) is 29.3 Å². The van der Waals surface area contributed by atoms with E-state index in [2.05, 4.69) is 4.98 Å². The molecule has 1 aliphatic heterocycles. The number of halogens is 1. The van der Waals surface area contributed by atoms with Gasteiger partial charge in [-0.1, -0.05) is 30.3 Å². The fourth-order valence-electron chi connectivity index (χ4n) is 4.76. The average molecular weight is 501 g/mol. The summed E-state index contributed by atoms with van der Waals surface area (Å²) in [6.07, 6.45) is 2.35. The van der Waals surface area contributed by atoms with Gasteiger partial charge < -0.3 is 19.4 Å². The van der Waals surface area contributed by atoms with Gasteiger partial charge in [0.1, 0.15) is 6.04 Å². The number of carbonyl (C=O) groups is 3. The number of amides is 1. The van der Waals surface area contributed by atoms with Crippen molar-refractivity contribution in [2.24, 2.45) is 5.92 Å². The number of para-hydroxylation sites is 1. The van der Waals surface area contributed by atoms with Crippen LogP contribution in [0.2, 0.25) is 0 Å². The van der Waals surface area contributed by atoms with Crippen LogP contribution >= 0.6 is 11.6 Å². The van der Waals surface area contributed by atoms with E-state index in [-0.39, 0.29) is 6.42 Å². The van der Waals surface area contributed by atoms with Crippen molar-refractivity contribution in [2.75, 3.05) is 13.7 Å². The van der Waals surface area contributed by atoms with Crippen LogP contribution in [0.4, 0.5) is 0 Å². The number of rotatable bonds is 6. The van der Waals surface area contributed by atoms with E-state index in [9.17, 15) is 14.4 Å². The molecule has 10 heteroatoms. The van der Waals surface area contributed by atoms with E-state index in [1.165, 1.54) is 12.0 Å². The molecule has 0 saturated heterocycles. The summed E-state index contributed by atoms with van der Waals surface area (Å²) in [5.41, 5.74) is 3.44. The maximum Gasteiger partial charge on any atom is 0.338 e. The summed E-state index contributed by atoms with van der Waals surface area (Å²) in [4.78, 5) is 43.5. The number of alkyl halides is 1. The lowest BCUT2D eigenvalue weighted by Crippen LogP contribution is -2.57. The highest BCUT2D eigenvalue weighted by Crippen LogP contribution is 2.42. The van der Waals surface area contributed by atoms with Crippen LogP contribution in [0.25, 0.3) is 10.9 Å². The highest BCUT2D eigenvalue weighted by atomic mass is 35.5. The van der Waals surface area contributed by atoms with Crippen LogP contribution in [-0.4, -0.2) is 67.9 Å². The number of benzene rings is 2. The molecular formula is C26H23B2ClN2O5. The molecule has 5 rings (SSSR count). The Kier molecular flexibility index (Phi) is 6.37. The molecule has 2 atom stereocenters. The number of methoxy groups -OCH3 is 1. The SMILES string of the molecule is [B]C([B])(Cl)C(=O)N1[C@@H](c2ccc(C(=O)OCC3CC3)cc2)c2[nH]c3ccccc3c2C[C@@H]1C(=O)OC. The summed E-state index contributed by atoms with van der Waals surface area (Å²) in [6, 6.07) is 12.6. The van der Waals surface area contributed by atoms with Crippen LogP contribution in [0.15, 0.2) is 48.5 Å². The Bertz CT molecular complexity index is 1330. The number of aromatic amines is 1. The van der Waals surface area contributed by atoms with E-state index in [1.807, 2.05) is 24.3 Å². The Labute approximate surface area is 216 Å².